The zero-order chi connectivity index (χ0) is 15.1. The molecule has 1 heterocycles. The summed E-state index contributed by atoms with van der Waals surface area (Å²) in [5, 5.41) is 8.88. The van der Waals surface area contributed by atoms with Crippen LogP contribution in [0.2, 0.25) is 0 Å². The van der Waals surface area contributed by atoms with Crippen LogP contribution >= 0.6 is 0 Å². The summed E-state index contributed by atoms with van der Waals surface area (Å²) in [4.78, 5) is 24.2. The average Bonchev–Trinajstić information content (AvgIpc) is 2.71. The van der Waals surface area contributed by atoms with Crippen LogP contribution in [0.25, 0.3) is 0 Å². The van der Waals surface area contributed by atoms with Crippen molar-refractivity contribution in [1.29, 1.82) is 0 Å². The minimum Gasteiger partial charge on any atom is -0.478 e. The third kappa shape index (κ3) is 2.74. The number of carboxylic acids is 1. The molecule has 0 unspecified atom stereocenters. The second kappa shape index (κ2) is 4.77. The van der Waals surface area contributed by atoms with E-state index < -0.39 is 23.5 Å². The van der Waals surface area contributed by atoms with Gasteiger partial charge in [0.25, 0.3) is 0 Å². The van der Waals surface area contributed by atoms with Crippen LogP contribution in [0.4, 0.5) is 9.18 Å². The van der Waals surface area contributed by atoms with Crippen LogP contribution in [0.1, 0.15) is 42.3 Å². The van der Waals surface area contributed by atoms with Crippen LogP contribution in [0.3, 0.4) is 0 Å². The number of fused-ring (bicyclic) bond motifs is 1. The van der Waals surface area contributed by atoms with Gasteiger partial charge in [-0.3, -0.25) is 4.90 Å². The number of amides is 1. The molecule has 0 spiro atoms. The van der Waals surface area contributed by atoms with Gasteiger partial charge in [0.15, 0.2) is 0 Å². The predicted molar refractivity (Wildman–Crippen MR) is 68.8 cm³/mol. The van der Waals surface area contributed by atoms with Crippen LogP contribution in [-0.4, -0.2) is 27.7 Å². The number of rotatable bonds is 1. The molecule has 1 N–H and O–H groups in total. The molecule has 1 aliphatic heterocycles. The number of halogens is 1. The molecule has 0 aromatic heterocycles. The van der Waals surface area contributed by atoms with Crippen LogP contribution in [-0.2, 0) is 17.8 Å². The molecule has 0 saturated heterocycles. The minimum absolute atomic E-state index is 0.0250. The Labute approximate surface area is 116 Å². The number of carbonyl (C=O) groups excluding carboxylic acids is 1. The largest absolute Gasteiger partial charge is 0.478 e. The van der Waals surface area contributed by atoms with Gasteiger partial charge in [0, 0.05) is 12.1 Å². The van der Waals surface area contributed by atoms with Gasteiger partial charge in [-0.25, -0.2) is 14.0 Å². The maximum absolute atomic E-state index is 14.0. The summed E-state index contributed by atoms with van der Waals surface area (Å²) >= 11 is 0. The highest BCUT2D eigenvalue weighted by Gasteiger charge is 2.31. The quantitative estimate of drug-likeness (QED) is 0.859. The van der Waals surface area contributed by atoms with Crippen LogP contribution < -0.4 is 0 Å². The van der Waals surface area contributed by atoms with E-state index >= 15 is 0 Å². The van der Waals surface area contributed by atoms with Gasteiger partial charge in [0.2, 0.25) is 0 Å². The van der Waals surface area contributed by atoms with Crippen molar-refractivity contribution in [1.82, 2.24) is 4.90 Å². The minimum atomic E-state index is -1.32. The summed E-state index contributed by atoms with van der Waals surface area (Å²) in [6.45, 7) is 5.49. The first-order chi connectivity index (χ1) is 9.19. The summed E-state index contributed by atoms with van der Waals surface area (Å²) in [7, 11) is 0. The Bertz CT molecular complexity index is 577. The van der Waals surface area contributed by atoms with Crippen molar-refractivity contribution in [3.8, 4) is 0 Å². The van der Waals surface area contributed by atoms with E-state index in [1.165, 1.54) is 17.0 Å². The summed E-state index contributed by atoms with van der Waals surface area (Å²) in [5.41, 5.74) is -0.153. The first-order valence-corrected chi connectivity index (χ1v) is 6.20. The van der Waals surface area contributed by atoms with Gasteiger partial charge in [-0.15, -0.1) is 0 Å². The molecule has 0 fully saturated rings. The van der Waals surface area contributed by atoms with Gasteiger partial charge in [0.05, 0.1) is 12.1 Å². The molecule has 5 nitrogen and oxygen atoms in total. The molecule has 0 aliphatic carbocycles. The molecule has 108 valence electrons. The molecular formula is C14H16FNO4. The Balaban J connectivity index is 2.22. The van der Waals surface area contributed by atoms with Gasteiger partial charge in [-0.05, 0) is 32.4 Å². The highest BCUT2D eigenvalue weighted by Crippen LogP contribution is 2.28. The molecule has 6 heteroatoms. The number of hydrogen-bond acceptors (Lipinski definition) is 3. The van der Waals surface area contributed by atoms with Crippen molar-refractivity contribution in [2.45, 2.75) is 39.5 Å². The van der Waals surface area contributed by atoms with Gasteiger partial charge in [0.1, 0.15) is 11.4 Å². The zero-order valence-electron chi connectivity index (χ0n) is 11.6. The topological polar surface area (TPSA) is 66.8 Å². The van der Waals surface area contributed by atoms with E-state index in [1.807, 2.05) is 0 Å². The van der Waals surface area contributed by atoms with Crippen molar-refractivity contribution in [3.63, 3.8) is 0 Å². The molecule has 1 aliphatic rings. The lowest BCUT2D eigenvalue weighted by Gasteiger charge is -2.24. The Morgan fingerprint density at radius 3 is 2.50 bits per heavy atom. The lowest BCUT2D eigenvalue weighted by atomic mass is 10.1. The molecule has 1 aromatic rings. The molecule has 1 aromatic carbocycles. The van der Waals surface area contributed by atoms with E-state index in [2.05, 4.69) is 0 Å². The molecule has 0 bridgehead atoms. The third-order valence-corrected chi connectivity index (χ3v) is 2.93. The van der Waals surface area contributed by atoms with Crippen molar-refractivity contribution in [3.05, 3.63) is 34.6 Å². The van der Waals surface area contributed by atoms with Crippen LogP contribution in [0.5, 0.6) is 0 Å². The smallest absolute Gasteiger partial charge is 0.410 e. The van der Waals surface area contributed by atoms with E-state index in [4.69, 9.17) is 9.84 Å². The highest BCUT2D eigenvalue weighted by atomic mass is 19.1. The summed E-state index contributed by atoms with van der Waals surface area (Å²) < 4.78 is 19.3. The second-order valence-electron chi connectivity index (χ2n) is 5.71. The highest BCUT2D eigenvalue weighted by molar-refractivity contribution is 5.88. The zero-order valence-corrected chi connectivity index (χ0v) is 11.6. The SMILES string of the molecule is CC(C)(C)OC(=O)N1Cc2ccc(C(=O)O)c(F)c2C1. The predicted octanol–water partition coefficient (Wildman–Crippen LogP) is 2.77. The fourth-order valence-electron chi connectivity index (χ4n) is 2.05. The summed E-state index contributed by atoms with van der Waals surface area (Å²) in [6.07, 6.45) is -0.537. The lowest BCUT2D eigenvalue weighted by Crippen LogP contribution is -2.33. The molecular weight excluding hydrogens is 265 g/mol. The molecule has 2 rings (SSSR count). The fourth-order valence-corrected chi connectivity index (χ4v) is 2.05. The average molecular weight is 281 g/mol. The van der Waals surface area contributed by atoms with E-state index in [9.17, 15) is 14.0 Å². The van der Waals surface area contributed by atoms with E-state index in [0.29, 0.717) is 5.56 Å². The van der Waals surface area contributed by atoms with Crippen molar-refractivity contribution < 1.29 is 23.8 Å². The number of aromatic carboxylic acids is 1. The molecule has 1 amide bonds. The molecule has 0 saturated carbocycles. The number of benzene rings is 1. The Morgan fingerprint density at radius 2 is 1.95 bits per heavy atom. The number of hydrogen-bond donors (Lipinski definition) is 1. The van der Waals surface area contributed by atoms with Crippen LogP contribution in [0, 0.1) is 5.82 Å². The number of carbonyl (C=O) groups is 2. The van der Waals surface area contributed by atoms with Crippen molar-refractivity contribution in [2.24, 2.45) is 0 Å². The fraction of sp³-hybridized carbons (Fsp3) is 0.429. The Kier molecular flexibility index (Phi) is 3.41. The standard InChI is InChI=1S/C14H16FNO4/c1-14(2,3)20-13(19)16-6-8-4-5-9(12(17)18)11(15)10(8)7-16/h4-5H,6-7H2,1-3H3,(H,17,18). The lowest BCUT2D eigenvalue weighted by molar-refractivity contribution is 0.0241. The first kappa shape index (κ1) is 14.3. The van der Waals surface area contributed by atoms with Crippen molar-refractivity contribution >= 4 is 12.1 Å². The number of carboxylic acid groups (broad SMARTS) is 1. The molecule has 0 radical (unpaired) electrons. The molecule has 20 heavy (non-hydrogen) atoms. The van der Waals surface area contributed by atoms with Gasteiger partial charge in [-0.1, -0.05) is 6.07 Å². The van der Waals surface area contributed by atoms with E-state index in [1.54, 1.807) is 20.8 Å². The summed E-state index contributed by atoms with van der Waals surface area (Å²) in [5.74, 6) is -2.10. The summed E-state index contributed by atoms with van der Waals surface area (Å²) in [6, 6.07) is 2.75. The Morgan fingerprint density at radius 1 is 1.30 bits per heavy atom. The van der Waals surface area contributed by atoms with Gasteiger partial charge >= 0.3 is 12.1 Å². The third-order valence-electron chi connectivity index (χ3n) is 2.93. The van der Waals surface area contributed by atoms with Gasteiger partial charge in [-0.2, -0.15) is 0 Å². The van der Waals surface area contributed by atoms with Gasteiger partial charge < -0.3 is 9.84 Å². The van der Waals surface area contributed by atoms with E-state index in [0.717, 1.165) is 0 Å². The number of ether oxygens (including phenoxy) is 1. The van der Waals surface area contributed by atoms with E-state index in [-0.39, 0.29) is 24.2 Å². The second-order valence-corrected chi connectivity index (χ2v) is 5.71. The number of nitrogens with zero attached hydrogens (tertiary/aromatic N) is 1. The normalized spacial score (nSPS) is 14.1. The van der Waals surface area contributed by atoms with Crippen LogP contribution in [0.15, 0.2) is 12.1 Å². The van der Waals surface area contributed by atoms with Crippen molar-refractivity contribution in [2.75, 3.05) is 0 Å². The maximum Gasteiger partial charge on any atom is 0.410 e. The first-order valence-electron chi connectivity index (χ1n) is 6.20. The maximum atomic E-state index is 14.0. The molecule has 0 atom stereocenters. The Hall–Kier alpha value is -2.11. The monoisotopic (exact) mass is 281 g/mol.